The molecule has 0 fully saturated rings. The van der Waals surface area contributed by atoms with Gasteiger partial charge in [-0.15, -0.1) is 11.3 Å². The quantitative estimate of drug-likeness (QED) is 0.650. The molecule has 1 nitrogen and oxygen atoms in total. The van der Waals surface area contributed by atoms with Crippen LogP contribution in [0.1, 0.15) is 28.3 Å². The van der Waals surface area contributed by atoms with Gasteiger partial charge in [0.2, 0.25) is 0 Å². The summed E-state index contributed by atoms with van der Waals surface area (Å²) in [4.78, 5) is 2.79. The van der Waals surface area contributed by atoms with Crippen LogP contribution in [-0.2, 0) is 0 Å². The van der Waals surface area contributed by atoms with Gasteiger partial charge in [0, 0.05) is 21.5 Å². The molecule has 0 saturated heterocycles. The Kier molecular flexibility index (Phi) is 3.49. The Labute approximate surface area is 124 Å². The number of benzene rings is 2. The third-order valence-electron chi connectivity index (χ3n) is 3.68. The summed E-state index contributed by atoms with van der Waals surface area (Å²) in [5.74, 6) is 0. The Morgan fingerprint density at radius 3 is 2.40 bits per heavy atom. The van der Waals surface area contributed by atoms with Gasteiger partial charge in [-0.1, -0.05) is 30.3 Å². The number of hydrogen-bond donors (Lipinski definition) is 1. The fraction of sp³-hybridized carbons (Fsp3) is 0.222. The van der Waals surface area contributed by atoms with Crippen molar-refractivity contribution in [2.24, 2.45) is 0 Å². The second-order valence-corrected chi connectivity index (χ2v) is 6.76. The van der Waals surface area contributed by atoms with Crippen molar-refractivity contribution in [1.29, 1.82) is 0 Å². The second-order valence-electron chi connectivity index (χ2n) is 5.30. The van der Waals surface area contributed by atoms with Crippen molar-refractivity contribution in [1.82, 2.24) is 0 Å². The van der Waals surface area contributed by atoms with Crippen LogP contribution < -0.4 is 5.32 Å². The molecule has 20 heavy (non-hydrogen) atoms. The van der Waals surface area contributed by atoms with E-state index in [1.807, 2.05) is 11.3 Å². The minimum Gasteiger partial charge on any atom is -0.378 e. The monoisotopic (exact) mass is 281 g/mol. The van der Waals surface area contributed by atoms with Gasteiger partial charge in [-0.25, -0.2) is 0 Å². The van der Waals surface area contributed by atoms with Crippen molar-refractivity contribution < 1.29 is 0 Å². The SMILES string of the molecule is Cc1cc(C(C)Nc2ccc3ccccc3c2)c(C)s1. The fourth-order valence-electron chi connectivity index (χ4n) is 2.69. The lowest BCUT2D eigenvalue weighted by Gasteiger charge is -2.16. The van der Waals surface area contributed by atoms with Crippen molar-refractivity contribution in [3.05, 3.63) is 63.8 Å². The smallest absolute Gasteiger partial charge is 0.0496 e. The molecule has 0 aliphatic rings. The third kappa shape index (κ3) is 2.56. The molecule has 0 amide bonds. The van der Waals surface area contributed by atoms with E-state index < -0.39 is 0 Å². The highest BCUT2D eigenvalue weighted by Gasteiger charge is 2.11. The zero-order valence-electron chi connectivity index (χ0n) is 12.1. The molecule has 0 bridgehead atoms. The number of aryl methyl sites for hydroxylation is 2. The lowest BCUT2D eigenvalue weighted by molar-refractivity contribution is 0.882. The molecular formula is C18H19NS. The highest BCUT2D eigenvalue weighted by molar-refractivity contribution is 7.12. The zero-order chi connectivity index (χ0) is 14.1. The van der Waals surface area contributed by atoms with Crippen molar-refractivity contribution in [2.75, 3.05) is 5.32 Å². The van der Waals surface area contributed by atoms with E-state index in [4.69, 9.17) is 0 Å². The lowest BCUT2D eigenvalue weighted by Crippen LogP contribution is -2.06. The molecule has 3 aromatic rings. The lowest BCUT2D eigenvalue weighted by atomic mass is 10.1. The van der Waals surface area contributed by atoms with Gasteiger partial charge in [0.15, 0.2) is 0 Å². The second kappa shape index (κ2) is 5.29. The number of anilines is 1. The molecule has 1 atom stereocenters. The molecule has 1 aromatic heterocycles. The van der Waals surface area contributed by atoms with Gasteiger partial charge >= 0.3 is 0 Å². The van der Waals surface area contributed by atoms with Crippen LogP contribution in [-0.4, -0.2) is 0 Å². The van der Waals surface area contributed by atoms with Crippen LogP contribution >= 0.6 is 11.3 Å². The summed E-state index contributed by atoms with van der Waals surface area (Å²) in [6.45, 7) is 6.60. The topological polar surface area (TPSA) is 12.0 Å². The summed E-state index contributed by atoms with van der Waals surface area (Å²) in [6, 6.07) is 17.7. The van der Waals surface area contributed by atoms with Crippen LogP contribution in [0.5, 0.6) is 0 Å². The standard InChI is InChI=1S/C18H19NS/c1-12-10-18(14(3)20-12)13(2)19-17-9-8-15-6-4-5-7-16(15)11-17/h4-11,13,19H,1-3H3. The molecule has 0 radical (unpaired) electrons. The summed E-state index contributed by atoms with van der Waals surface area (Å²) in [5.41, 5.74) is 2.58. The van der Waals surface area contributed by atoms with Crippen molar-refractivity contribution in [2.45, 2.75) is 26.8 Å². The predicted octanol–water partition coefficient (Wildman–Crippen LogP) is 5.69. The molecule has 0 aliphatic heterocycles. The van der Waals surface area contributed by atoms with E-state index >= 15 is 0 Å². The van der Waals surface area contributed by atoms with E-state index in [2.05, 4.69) is 74.6 Å². The van der Waals surface area contributed by atoms with E-state index in [9.17, 15) is 0 Å². The summed E-state index contributed by atoms with van der Waals surface area (Å²) in [7, 11) is 0. The largest absolute Gasteiger partial charge is 0.378 e. The van der Waals surface area contributed by atoms with Gasteiger partial charge < -0.3 is 5.32 Å². The maximum absolute atomic E-state index is 3.61. The van der Waals surface area contributed by atoms with Gasteiger partial charge in [0.25, 0.3) is 0 Å². The number of hydrogen-bond acceptors (Lipinski definition) is 2. The average Bonchev–Trinajstić information content (AvgIpc) is 2.78. The summed E-state index contributed by atoms with van der Waals surface area (Å²) in [6.07, 6.45) is 0. The van der Waals surface area contributed by atoms with Gasteiger partial charge in [-0.3, -0.25) is 0 Å². The Bertz CT molecular complexity index is 742. The van der Waals surface area contributed by atoms with Gasteiger partial charge in [0.05, 0.1) is 0 Å². The molecule has 2 aromatic carbocycles. The van der Waals surface area contributed by atoms with Gasteiger partial charge in [0.1, 0.15) is 0 Å². The molecule has 0 spiro atoms. The minimum absolute atomic E-state index is 0.334. The number of nitrogens with one attached hydrogen (secondary N) is 1. The van der Waals surface area contributed by atoms with E-state index in [0.717, 1.165) is 0 Å². The van der Waals surface area contributed by atoms with E-state index in [0.29, 0.717) is 6.04 Å². The maximum atomic E-state index is 3.61. The zero-order valence-corrected chi connectivity index (χ0v) is 12.9. The van der Waals surface area contributed by atoms with E-state index in [-0.39, 0.29) is 0 Å². The first kappa shape index (κ1) is 13.2. The molecule has 0 aliphatic carbocycles. The third-order valence-corrected chi connectivity index (χ3v) is 4.66. The summed E-state index contributed by atoms with van der Waals surface area (Å²) in [5, 5.41) is 6.18. The molecule has 102 valence electrons. The minimum atomic E-state index is 0.334. The Morgan fingerprint density at radius 1 is 0.950 bits per heavy atom. The Hall–Kier alpha value is -1.80. The van der Waals surface area contributed by atoms with E-state index in [1.165, 1.54) is 31.8 Å². The Balaban J connectivity index is 1.87. The molecule has 2 heteroatoms. The number of thiophene rings is 1. The summed E-state index contributed by atoms with van der Waals surface area (Å²) >= 11 is 1.87. The first-order valence-corrected chi connectivity index (χ1v) is 7.77. The van der Waals surface area contributed by atoms with Crippen LogP contribution in [0, 0.1) is 13.8 Å². The summed E-state index contributed by atoms with van der Waals surface area (Å²) < 4.78 is 0. The van der Waals surface area contributed by atoms with Crippen molar-refractivity contribution in [3.8, 4) is 0 Å². The van der Waals surface area contributed by atoms with Crippen LogP contribution in [0.4, 0.5) is 5.69 Å². The number of rotatable bonds is 3. The highest BCUT2D eigenvalue weighted by Crippen LogP contribution is 2.29. The normalized spacial score (nSPS) is 12.6. The van der Waals surface area contributed by atoms with Crippen molar-refractivity contribution in [3.63, 3.8) is 0 Å². The highest BCUT2D eigenvalue weighted by atomic mass is 32.1. The average molecular weight is 281 g/mol. The Morgan fingerprint density at radius 2 is 1.70 bits per heavy atom. The van der Waals surface area contributed by atoms with Crippen molar-refractivity contribution >= 4 is 27.8 Å². The molecular weight excluding hydrogens is 262 g/mol. The first-order chi connectivity index (χ1) is 9.63. The van der Waals surface area contributed by atoms with Gasteiger partial charge in [-0.05, 0) is 55.3 Å². The molecule has 1 N–H and O–H groups in total. The molecule has 1 unspecified atom stereocenters. The fourth-order valence-corrected chi connectivity index (χ4v) is 3.71. The van der Waals surface area contributed by atoms with Crippen LogP contribution in [0.25, 0.3) is 10.8 Å². The molecule has 0 saturated carbocycles. The van der Waals surface area contributed by atoms with Crippen LogP contribution in [0.15, 0.2) is 48.5 Å². The molecule has 1 heterocycles. The maximum Gasteiger partial charge on any atom is 0.0496 e. The predicted molar refractivity (Wildman–Crippen MR) is 89.8 cm³/mol. The number of fused-ring (bicyclic) bond motifs is 1. The molecule has 3 rings (SSSR count). The van der Waals surface area contributed by atoms with Gasteiger partial charge in [-0.2, -0.15) is 0 Å². The first-order valence-electron chi connectivity index (χ1n) is 6.96. The van der Waals surface area contributed by atoms with Crippen LogP contribution in [0.3, 0.4) is 0 Å². The van der Waals surface area contributed by atoms with Crippen LogP contribution in [0.2, 0.25) is 0 Å². The van der Waals surface area contributed by atoms with E-state index in [1.54, 1.807) is 0 Å².